The van der Waals surface area contributed by atoms with E-state index in [0.29, 0.717) is 16.0 Å². The summed E-state index contributed by atoms with van der Waals surface area (Å²) in [5, 5.41) is 13.0. The monoisotopic (exact) mass is 448 g/mol. The van der Waals surface area contributed by atoms with Crippen molar-refractivity contribution < 1.29 is 4.79 Å². The van der Waals surface area contributed by atoms with Gasteiger partial charge in [0.25, 0.3) is 0 Å². The smallest absolute Gasteiger partial charge is 0.234 e. The summed E-state index contributed by atoms with van der Waals surface area (Å²) >= 11 is 7.40. The molecule has 0 spiro atoms. The zero-order valence-corrected chi connectivity index (χ0v) is 18.7. The van der Waals surface area contributed by atoms with Crippen LogP contribution in [-0.4, -0.2) is 26.4 Å². The van der Waals surface area contributed by atoms with Crippen molar-refractivity contribution in [2.45, 2.75) is 19.0 Å². The van der Waals surface area contributed by atoms with E-state index >= 15 is 0 Å². The fourth-order valence-electron chi connectivity index (χ4n) is 3.20. The lowest BCUT2D eigenvalue weighted by Crippen LogP contribution is -2.14. The number of aryl methyl sites for hydroxylation is 2. The van der Waals surface area contributed by atoms with Crippen LogP contribution >= 0.6 is 23.4 Å². The first-order chi connectivity index (χ1) is 15.0. The molecule has 4 aromatic rings. The fraction of sp³-hybridized carbons (Fsp3) is 0.125. The van der Waals surface area contributed by atoms with Crippen molar-refractivity contribution in [3.05, 3.63) is 88.9 Å². The summed E-state index contributed by atoms with van der Waals surface area (Å²) < 4.78 is 1.97. The van der Waals surface area contributed by atoms with Gasteiger partial charge in [-0.25, -0.2) is 0 Å². The highest BCUT2D eigenvalue weighted by Crippen LogP contribution is 2.29. The van der Waals surface area contributed by atoms with E-state index in [9.17, 15) is 4.79 Å². The topological polar surface area (TPSA) is 59.8 Å². The summed E-state index contributed by atoms with van der Waals surface area (Å²) in [5.74, 6) is 0.824. The normalized spacial score (nSPS) is 10.8. The Morgan fingerprint density at radius 1 is 0.968 bits per heavy atom. The zero-order chi connectivity index (χ0) is 21.8. The van der Waals surface area contributed by atoms with Gasteiger partial charge < -0.3 is 5.32 Å². The number of rotatable bonds is 6. The maximum absolute atomic E-state index is 12.5. The van der Waals surface area contributed by atoms with Gasteiger partial charge in [-0.2, -0.15) is 0 Å². The van der Waals surface area contributed by atoms with Crippen LogP contribution in [0.15, 0.2) is 78.0 Å². The molecule has 0 fully saturated rings. The predicted molar refractivity (Wildman–Crippen MR) is 127 cm³/mol. The maximum Gasteiger partial charge on any atom is 0.234 e. The lowest BCUT2D eigenvalue weighted by atomic mass is 10.2. The second-order valence-electron chi connectivity index (χ2n) is 7.19. The Morgan fingerprint density at radius 3 is 2.39 bits per heavy atom. The molecule has 0 aliphatic heterocycles. The summed E-state index contributed by atoms with van der Waals surface area (Å²) in [4.78, 5) is 12.5. The molecule has 1 heterocycles. The first kappa shape index (κ1) is 21.2. The molecule has 156 valence electrons. The molecule has 1 amide bonds. The molecule has 5 nitrogen and oxygen atoms in total. The minimum atomic E-state index is -0.0950. The average Bonchev–Trinajstić information content (AvgIpc) is 3.17. The lowest BCUT2D eigenvalue weighted by Gasteiger charge is -2.11. The Morgan fingerprint density at radius 2 is 1.68 bits per heavy atom. The molecular weight excluding hydrogens is 428 g/mol. The standard InChI is InChI=1S/C24H21ClN4OS/c1-16-5-3-7-20(13-16)26-22(30)15-31-24-28-27-23(18-9-11-19(25)12-10-18)29(24)21-8-4-6-17(2)14-21/h3-14H,15H2,1-2H3,(H,26,30). The van der Waals surface area contributed by atoms with Crippen molar-refractivity contribution >= 4 is 35.0 Å². The summed E-state index contributed by atoms with van der Waals surface area (Å²) in [6, 6.07) is 23.3. The van der Waals surface area contributed by atoms with Crippen LogP contribution in [0.2, 0.25) is 5.02 Å². The van der Waals surface area contributed by atoms with Gasteiger partial charge in [-0.15, -0.1) is 10.2 Å². The first-order valence-electron chi connectivity index (χ1n) is 9.77. The van der Waals surface area contributed by atoms with Gasteiger partial charge in [-0.1, -0.05) is 47.6 Å². The quantitative estimate of drug-likeness (QED) is 0.371. The first-order valence-corrected chi connectivity index (χ1v) is 11.1. The number of hydrogen-bond acceptors (Lipinski definition) is 4. The fourth-order valence-corrected chi connectivity index (χ4v) is 4.08. The highest BCUT2D eigenvalue weighted by molar-refractivity contribution is 7.99. The predicted octanol–water partition coefficient (Wildman–Crippen LogP) is 5.94. The van der Waals surface area contributed by atoms with Crippen LogP contribution in [0, 0.1) is 13.8 Å². The Hall–Kier alpha value is -3.09. The van der Waals surface area contributed by atoms with E-state index in [1.54, 1.807) is 0 Å². The number of halogens is 1. The molecule has 4 rings (SSSR count). The minimum absolute atomic E-state index is 0.0950. The molecule has 0 atom stereocenters. The molecule has 1 N–H and O–H groups in total. The molecule has 0 aliphatic rings. The Labute approximate surface area is 190 Å². The highest BCUT2D eigenvalue weighted by Gasteiger charge is 2.17. The average molecular weight is 449 g/mol. The number of nitrogens with one attached hydrogen (secondary N) is 1. The third-order valence-electron chi connectivity index (χ3n) is 4.63. The summed E-state index contributed by atoms with van der Waals surface area (Å²) in [5.41, 5.74) is 4.84. The van der Waals surface area contributed by atoms with Crippen LogP contribution in [0.3, 0.4) is 0 Å². The Bertz CT molecular complexity index is 1220. The number of carbonyl (C=O) groups is 1. The van der Waals surface area contributed by atoms with E-state index < -0.39 is 0 Å². The molecule has 1 aromatic heterocycles. The van der Waals surface area contributed by atoms with Gasteiger partial charge in [0, 0.05) is 22.0 Å². The Balaban J connectivity index is 1.61. The third-order valence-corrected chi connectivity index (χ3v) is 5.81. The van der Waals surface area contributed by atoms with Gasteiger partial charge >= 0.3 is 0 Å². The number of anilines is 1. The van der Waals surface area contributed by atoms with Gasteiger partial charge in [0.15, 0.2) is 11.0 Å². The molecule has 0 saturated carbocycles. The molecule has 3 aromatic carbocycles. The van der Waals surface area contributed by atoms with Crippen molar-refractivity contribution in [1.29, 1.82) is 0 Å². The van der Waals surface area contributed by atoms with Crippen molar-refractivity contribution in [3.8, 4) is 17.1 Å². The summed E-state index contributed by atoms with van der Waals surface area (Å²) in [6.45, 7) is 4.03. The number of aromatic nitrogens is 3. The van der Waals surface area contributed by atoms with Crippen LogP contribution in [0.25, 0.3) is 17.1 Å². The van der Waals surface area contributed by atoms with Crippen LogP contribution in [0.1, 0.15) is 11.1 Å². The number of benzene rings is 3. The molecule has 7 heteroatoms. The molecule has 0 radical (unpaired) electrons. The van der Waals surface area contributed by atoms with Crippen molar-refractivity contribution in [3.63, 3.8) is 0 Å². The van der Waals surface area contributed by atoms with Gasteiger partial charge in [-0.3, -0.25) is 9.36 Å². The van der Waals surface area contributed by atoms with Crippen molar-refractivity contribution in [2.75, 3.05) is 11.1 Å². The van der Waals surface area contributed by atoms with E-state index in [2.05, 4.69) is 21.6 Å². The molecule has 0 aliphatic carbocycles. The number of amides is 1. The largest absolute Gasteiger partial charge is 0.325 e. The molecule has 31 heavy (non-hydrogen) atoms. The van der Waals surface area contributed by atoms with Crippen LogP contribution in [0.5, 0.6) is 0 Å². The van der Waals surface area contributed by atoms with E-state index in [0.717, 1.165) is 28.1 Å². The van der Waals surface area contributed by atoms with E-state index in [1.165, 1.54) is 11.8 Å². The molecule has 0 saturated heterocycles. The minimum Gasteiger partial charge on any atom is -0.325 e. The molecular formula is C24H21ClN4OS. The summed E-state index contributed by atoms with van der Waals surface area (Å²) in [7, 11) is 0. The van der Waals surface area contributed by atoms with Crippen molar-refractivity contribution in [2.24, 2.45) is 0 Å². The molecule has 0 unspecified atom stereocenters. The highest BCUT2D eigenvalue weighted by atomic mass is 35.5. The Kier molecular flexibility index (Phi) is 6.39. The van der Waals surface area contributed by atoms with Gasteiger partial charge in [0.2, 0.25) is 5.91 Å². The maximum atomic E-state index is 12.5. The van der Waals surface area contributed by atoms with Gasteiger partial charge in [0.05, 0.1) is 5.75 Å². The molecule has 0 bridgehead atoms. The second kappa shape index (κ2) is 9.37. The van der Waals surface area contributed by atoms with E-state index in [4.69, 9.17) is 11.6 Å². The third kappa shape index (κ3) is 5.16. The van der Waals surface area contributed by atoms with Crippen LogP contribution in [0.4, 0.5) is 5.69 Å². The summed E-state index contributed by atoms with van der Waals surface area (Å²) in [6.07, 6.45) is 0. The van der Waals surface area contributed by atoms with Gasteiger partial charge in [0.1, 0.15) is 0 Å². The number of nitrogens with zero attached hydrogens (tertiary/aromatic N) is 3. The lowest BCUT2D eigenvalue weighted by molar-refractivity contribution is -0.113. The zero-order valence-electron chi connectivity index (χ0n) is 17.2. The van der Waals surface area contributed by atoms with E-state index in [1.807, 2.05) is 85.1 Å². The van der Waals surface area contributed by atoms with E-state index in [-0.39, 0.29) is 11.7 Å². The number of carbonyl (C=O) groups excluding carboxylic acids is 1. The number of hydrogen-bond donors (Lipinski definition) is 1. The second-order valence-corrected chi connectivity index (χ2v) is 8.57. The SMILES string of the molecule is Cc1cccc(NC(=O)CSc2nnc(-c3ccc(Cl)cc3)n2-c2cccc(C)c2)c1. The van der Waals surface area contributed by atoms with Gasteiger partial charge in [-0.05, 0) is 73.5 Å². The number of thioether (sulfide) groups is 1. The van der Waals surface area contributed by atoms with Crippen LogP contribution in [-0.2, 0) is 4.79 Å². The van der Waals surface area contributed by atoms with Crippen LogP contribution < -0.4 is 5.32 Å². The van der Waals surface area contributed by atoms with Crippen molar-refractivity contribution in [1.82, 2.24) is 14.8 Å².